The zero-order chi connectivity index (χ0) is 17.7. The van der Waals surface area contributed by atoms with Gasteiger partial charge in [0.15, 0.2) is 0 Å². The Morgan fingerprint density at radius 1 is 1.17 bits per heavy atom. The highest BCUT2D eigenvalue weighted by atomic mass is 35.5. The largest absolute Gasteiger partial charge is 0.490 e. The first-order valence-electron chi connectivity index (χ1n) is 7.74. The zero-order valence-corrected chi connectivity index (χ0v) is 14.8. The Morgan fingerprint density at radius 2 is 1.83 bits per heavy atom. The average molecular weight is 350 g/mol. The van der Waals surface area contributed by atoms with Gasteiger partial charge >= 0.3 is 0 Å². The molecule has 5 heteroatoms. The molecular formula is C19H21ClFNO2. The molecule has 0 aliphatic heterocycles. The van der Waals surface area contributed by atoms with Gasteiger partial charge in [-0.1, -0.05) is 44.5 Å². The van der Waals surface area contributed by atoms with Crippen LogP contribution in [-0.4, -0.2) is 19.1 Å². The third kappa shape index (κ3) is 4.96. The summed E-state index contributed by atoms with van der Waals surface area (Å²) in [5.41, 5.74) is 1.83. The minimum absolute atomic E-state index is 0.0528. The number of ether oxygens (including phenoxy) is 1. The van der Waals surface area contributed by atoms with Crippen molar-refractivity contribution in [1.82, 2.24) is 5.32 Å². The van der Waals surface area contributed by atoms with Crippen molar-refractivity contribution in [3.05, 3.63) is 64.4 Å². The molecule has 128 valence electrons. The molecule has 0 atom stereocenters. The standard InChI is InChI=1S/C19H21ClFNO2/c1-19(2,3)14-6-4-13(5-7-14)18(23)22-10-11-24-17-9-8-15(21)12-16(17)20/h4-9,12H,10-11H2,1-3H3,(H,22,23). The van der Waals surface area contributed by atoms with Gasteiger partial charge in [0.25, 0.3) is 5.91 Å². The summed E-state index contributed by atoms with van der Waals surface area (Å²) in [4.78, 5) is 12.1. The van der Waals surface area contributed by atoms with Crippen LogP contribution in [0.3, 0.4) is 0 Å². The molecule has 1 N–H and O–H groups in total. The highest BCUT2D eigenvalue weighted by Gasteiger charge is 2.14. The van der Waals surface area contributed by atoms with Crippen molar-refractivity contribution >= 4 is 17.5 Å². The van der Waals surface area contributed by atoms with Gasteiger partial charge in [-0.25, -0.2) is 4.39 Å². The van der Waals surface area contributed by atoms with E-state index in [9.17, 15) is 9.18 Å². The number of amides is 1. The van der Waals surface area contributed by atoms with E-state index < -0.39 is 5.82 Å². The normalized spacial score (nSPS) is 11.2. The third-order valence-electron chi connectivity index (χ3n) is 3.55. The Labute approximate surface area is 146 Å². The summed E-state index contributed by atoms with van der Waals surface area (Å²) in [6, 6.07) is 11.5. The van der Waals surface area contributed by atoms with Gasteiger partial charge in [0, 0.05) is 5.56 Å². The first-order valence-corrected chi connectivity index (χ1v) is 8.12. The Morgan fingerprint density at radius 3 is 2.42 bits per heavy atom. The fraction of sp³-hybridized carbons (Fsp3) is 0.316. The van der Waals surface area contributed by atoms with E-state index in [0.29, 0.717) is 17.9 Å². The smallest absolute Gasteiger partial charge is 0.251 e. The molecule has 2 aromatic rings. The maximum atomic E-state index is 12.9. The summed E-state index contributed by atoms with van der Waals surface area (Å²) in [5, 5.41) is 2.98. The number of halogens is 2. The van der Waals surface area contributed by atoms with Gasteiger partial charge in [-0.3, -0.25) is 4.79 Å². The Bertz CT molecular complexity index is 708. The van der Waals surface area contributed by atoms with Crippen LogP contribution in [0.5, 0.6) is 5.75 Å². The number of rotatable bonds is 5. The van der Waals surface area contributed by atoms with E-state index in [-0.39, 0.29) is 23.0 Å². The van der Waals surface area contributed by atoms with E-state index in [1.165, 1.54) is 23.8 Å². The van der Waals surface area contributed by atoms with E-state index in [4.69, 9.17) is 16.3 Å². The van der Waals surface area contributed by atoms with Gasteiger partial charge in [0.1, 0.15) is 18.2 Å². The number of carbonyl (C=O) groups is 1. The van der Waals surface area contributed by atoms with Crippen molar-refractivity contribution < 1.29 is 13.9 Å². The Hall–Kier alpha value is -2.07. The third-order valence-corrected chi connectivity index (χ3v) is 3.85. The van der Waals surface area contributed by atoms with Crippen LogP contribution >= 0.6 is 11.6 Å². The molecule has 0 aliphatic rings. The lowest BCUT2D eigenvalue weighted by atomic mass is 9.87. The molecule has 0 heterocycles. The van der Waals surface area contributed by atoms with Crippen LogP contribution in [0.15, 0.2) is 42.5 Å². The predicted molar refractivity (Wildman–Crippen MR) is 94.4 cm³/mol. The topological polar surface area (TPSA) is 38.3 Å². The molecule has 0 bridgehead atoms. The van der Waals surface area contributed by atoms with Crippen LogP contribution < -0.4 is 10.1 Å². The maximum absolute atomic E-state index is 12.9. The van der Waals surface area contributed by atoms with Crippen molar-refractivity contribution in [2.45, 2.75) is 26.2 Å². The summed E-state index contributed by atoms with van der Waals surface area (Å²) in [7, 11) is 0. The van der Waals surface area contributed by atoms with Crippen molar-refractivity contribution in [1.29, 1.82) is 0 Å². The lowest BCUT2D eigenvalue weighted by Gasteiger charge is -2.19. The number of hydrogen-bond donors (Lipinski definition) is 1. The summed E-state index contributed by atoms with van der Waals surface area (Å²) >= 11 is 5.87. The lowest BCUT2D eigenvalue weighted by molar-refractivity contribution is 0.0947. The van der Waals surface area contributed by atoms with Gasteiger partial charge in [0.2, 0.25) is 0 Å². The molecule has 0 radical (unpaired) electrons. The second kappa shape index (κ2) is 7.67. The first-order chi connectivity index (χ1) is 11.3. The summed E-state index contributed by atoms with van der Waals surface area (Å²) in [6.07, 6.45) is 0. The minimum Gasteiger partial charge on any atom is -0.490 e. The minimum atomic E-state index is -0.417. The highest BCUT2D eigenvalue weighted by molar-refractivity contribution is 6.32. The van der Waals surface area contributed by atoms with Crippen LogP contribution in [0.2, 0.25) is 5.02 Å². The molecule has 0 spiro atoms. The average Bonchev–Trinajstić information content (AvgIpc) is 2.52. The van der Waals surface area contributed by atoms with E-state index in [0.717, 1.165) is 0 Å². The van der Waals surface area contributed by atoms with Crippen LogP contribution in [0.25, 0.3) is 0 Å². The molecule has 0 saturated carbocycles. The Kier molecular flexibility index (Phi) is 5.84. The van der Waals surface area contributed by atoms with Crippen LogP contribution in [-0.2, 0) is 5.41 Å². The Balaban J connectivity index is 1.83. The van der Waals surface area contributed by atoms with Gasteiger partial charge in [-0.15, -0.1) is 0 Å². The SMILES string of the molecule is CC(C)(C)c1ccc(C(=O)NCCOc2ccc(F)cc2Cl)cc1. The molecule has 0 aliphatic carbocycles. The molecule has 0 aromatic heterocycles. The van der Waals surface area contributed by atoms with Crippen molar-refractivity contribution in [3.8, 4) is 5.75 Å². The van der Waals surface area contributed by atoms with Gasteiger partial charge in [0.05, 0.1) is 11.6 Å². The van der Waals surface area contributed by atoms with Crippen molar-refractivity contribution in [2.75, 3.05) is 13.2 Å². The molecule has 24 heavy (non-hydrogen) atoms. The predicted octanol–water partition coefficient (Wildman–Crippen LogP) is 4.59. The molecule has 2 rings (SSSR count). The summed E-state index contributed by atoms with van der Waals surface area (Å²) < 4.78 is 18.4. The molecule has 3 nitrogen and oxygen atoms in total. The van der Waals surface area contributed by atoms with Crippen molar-refractivity contribution in [3.63, 3.8) is 0 Å². The molecule has 2 aromatic carbocycles. The molecule has 0 saturated heterocycles. The van der Waals surface area contributed by atoms with E-state index >= 15 is 0 Å². The quantitative estimate of drug-likeness (QED) is 0.802. The fourth-order valence-electron chi connectivity index (χ4n) is 2.14. The van der Waals surface area contributed by atoms with E-state index in [1.807, 2.05) is 24.3 Å². The fourth-order valence-corrected chi connectivity index (χ4v) is 2.36. The monoisotopic (exact) mass is 349 g/mol. The van der Waals surface area contributed by atoms with Crippen LogP contribution in [0.4, 0.5) is 4.39 Å². The van der Waals surface area contributed by atoms with Crippen LogP contribution in [0.1, 0.15) is 36.7 Å². The molecule has 1 amide bonds. The number of carbonyl (C=O) groups excluding carboxylic acids is 1. The molecule has 0 unspecified atom stereocenters. The van der Waals surface area contributed by atoms with Gasteiger partial charge < -0.3 is 10.1 Å². The van der Waals surface area contributed by atoms with Gasteiger partial charge in [-0.05, 0) is 41.3 Å². The van der Waals surface area contributed by atoms with E-state index in [2.05, 4.69) is 26.1 Å². The summed E-state index contributed by atoms with van der Waals surface area (Å²) in [5.74, 6) is -0.189. The molecule has 0 fully saturated rings. The number of hydrogen-bond acceptors (Lipinski definition) is 2. The molecular weight excluding hydrogens is 329 g/mol. The van der Waals surface area contributed by atoms with Crippen molar-refractivity contribution in [2.24, 2.45) is 0 Å². The second-order valence-electron chi connectivity index (χ2n) is 6.51. The first kappa shape index (κ1) is 18.3. The number of nitrogens with one attached hydrogen (secondary N) is 1. The second-order valence-corrected chi connectivity index (χ2v) is 6.91. The lowest BCUT2D eigenvalue weighted by Crippen LogP contribution is -2.28. The van der Waals surface area contributed by atoms with Gasteiger partial charge in [-0.2, -0.15) is 0 Å². The number of benzene rings is 2. The van der Waals surface area contributed by atoms with Crippen LogP contribution in [0, 0.1) is 5.82 Å². The summed E-state index contributed by atoms with van der Waals surface area (Å²) in [6.45, 7) is 6.95. The zero-order valence-electron chi connectivity index (χ0n) is 14.0. The van der Waals surface area contributed by atoms with E-state index in [1.54, 1.807) is 0 Å². The maximum Gasteiger partial charge on any atom is 0.251 e. The highest BCUT2D eigenvalue weighted by Crippen LogP contribution is 2.24.